The standard InChI is InChI=1S/C18H20N2O/c1-18(2,3)20-15-10-6-5-9-14(15)19-17(20)12-13-8-4-7-11-16(13)21/h4-11,21H,12H2,1-3H3. The first-order valence-electron chi connectivity index (χ1n) is 7.20. The summed E-state index contributed by atoms with van der Waals surface area (Å²) in [6.45, 7) is 6.53. The lowest BCUT2D eigenvalue weighted by molar-refractivity contribution is 0.395. The van der Waals surface area contributed by atoms with Crippen LogP contribution in [-0.2, 0) is 12.0 Å². The highest BCUT2D eigenvalue weighted by Gasteiger charge is 2.21. The van der Waals surface area contributed by atoms with Gasteiger partial charge in [0.05, 0.1) is 11.0 Å². The lowest BCUT2D eigenvalue weighted by atomic mass is 10.1. The number of aromatic hydroxyl groups is 1. The molecule has 0 saturated carbocycles. The van der Waals surface area contributed by atoms with Crippen molar-refractivity contribution in [1.82, 2.24) is 9.55 Å². The molecule has 0 radical (unpaired) electrons. The van der Waals surface area contributed by atoms with Gasteiger partial charge in [0.15, 0.2) is 0 Å². The zero-order valence-corrected chi connectivity index (χ0v) is 12.7. The molecule has 1 aromatic heterocycles. The Morgan fingerprint density at radius 2 is 1.67 bits per heavy atom. The Bertz CT molecular complexity index is 781. The van der Waals surface area contributed by atoms with Crippen LogP contribution in [0.4, 0.5) is 0 Å². The summed E-state index contributed by atoms with van der Waals surface area (Å²) in [7, 11) is 0. The van der Waals surface area contributed by atoms with Crippen molar-refractivity contribution in [2.24, 2.45) is 0 Å². The first-order valence-corrected chi connectivity index (χ1v) is 7.20. The van der Waals surface area contributed by atoms with Crippen LogP contribution >= 0.6 is 0 Å². The number of hydrogen-bond donors (Lipinski definition) is 1. The Morgan fingerprint density at radius 1 is 1.00 bits per heavy atom. The van der Waals surface area contributed by atoms with Gasteiger partial charge in [0.1, 0.15) is 11.6 Å². The lowest BCUT2D eigenvalue weighted by Crippen LogP contribution is -2.24. The van der Waals surface area contributed by atoms with E-state index >= 15 is 0 Å². The van der Waals surface area contributed by atoms with Crippen molar-refractivity contribution in [1.29, 1.82) is 0 Å². The molecule has 0 amide bonds. The SMILES string of the molecule is CC(C)(C)n1c(Cc2ccccc2O)nc2ccccc21. The van der Waals surface area contributed by atoms with Gasteiger partial charge in [-0.05, 0) is 39.0 Å². The Kier molecular flexibility index (Phi) is 3.20. The summed E-state index contributed by atoms with van der Waals surface area (Å²) in [5, 5.41) is 10.0. The second-order valence-electron chi connectivity index (χ2n) is 6.33. The Hall–Kier alpha value is -2.29. The maximum atomic E-state index is 10.0. The highest BCUT2D eigenvalue weighted by molar-refractivity contribution is 5.76. The third-order valence-corrected chi connectivity index (χ3v) is 3.64. The monoisotopic (exact) mass is 280 g/mol. The van der Waals surface area contributed by atoms with Crippen LogP contribution in [0.1, 0.15) is 32.2 Å². The molecule has 3 heteroatoms. The van der Waals surface area contributed by atoms with E-state index in [1.807, 2.05) is 36.4 Å². The predicted octanol–water partition coefficient (Wildman–Crippen LogP) is 4.09. The molecule has 0 aliphatic heterocycles. The van der Waals surface area contributed by atoms with Crippen molar-refractivity contribution in [3.63, 3.8) is 0 Å². The van der Waals surface area contributed by atoms with E-state index in [1.54, 1.807) is 6.07 Å². The highest BCUT2D eigenvalue weighted by atomic mass is 16.3. The zero-order valence-electron chi connectivity index (χ0n) is 12.7. The summed E-state index contributed by atoms with van der Waals surface area (Å²) in [6.07, 6.45) is 0.624. The van der Waals surface area contributed by atoms with Gasteiger partial charge in [0.2, 0.25) is 0 Å². The summed E-state index contributed by atoms with van der Waals surface area (Å²) < 4.78 is 2.26. The van der Waals surface area contributed by atoms with E-state index in [-0.39, 0.29) is 5.54 Å². The quantitative estimate of drug-likeness (QED) is 0.768. The second-order valence-corrected chi connectivity index (χ2v) is 6.33. The lowest BCUT2D eigenvalue weighted by Gasteiger charge is -2.24. The van der Waals surface area contributed by atoms with Gasteiger partial charge in [-0.3, -0.25) is 0 Å². The van der Waals surface area contributed by atoms with E-state index < -0.39 is 0 Å². The number of nitrogens with zero attached hydrogens (tertiary/aromatic N) is 2. The average molecular weight is 280 g/mol. The van der Waals surface area contributed by atoms with E-state index in [9.17, 15) is 5.11 Å². The molecule has 0 atom stereocenters. The fourth-order valence-electron chi connectivity index (χ4n) is 2.77. The number of phenols is 1. The fourth-order valence-corrected chi connectivity index (χ4v) is 2.77. The van der Waals surface area contributed by atoms with E-state index in [1.165, 1.54) is 0 Å². The van der Waals surface area contributed by atoms with Gasteiger partial charge in [-0.15, -0.1) is 0 Å². The average Bonchev–Trinajstić information content (AvgIpc) is 2.79. The molecule has 0 aliphatic rings. The second kappa shape index (κ2) is 4.92. The number of aromatic nitrogens is 2. The molecular weight excluding hydrogens is 260 g/mol. The van der Waals surface area contributed by atoms with Crippen LogP contribution in [0.5, 0.6) is 5.75 Å². The fraction of sp³-hybridized carbons (Fsp3) is 0.278. The summed E-state index contributed by atoms with van der Waals surface area (Å²) in [5.74, 6) is 1.30. The maximum absolute atomic E-state index is 10.0. The number of imidazole rings is 1. The molecular formula is C18H20N2O. The third kappa shape index (κ3) is 2.51. The molecule has 0 saturated heterocycles. The van der Waals surface area contributed by atoms with E-state index in [0.717, 1.165) is 22.4 Å². The molecule has 0 aliphatic carbocycles. The first kappa shape index (κ1) is 13.7. The molecule has 3 rings (SSSR count). The van der Waals surface area contributed by atoms with Gasteiger partial charge >= 0.3 is 0 Å². The normalized spacial score (nSPS) is 12.0. The molecule has 0 fully saturated rings. The van der Waals surface area contributed by atoms with Gasteiger partial charge in [0, 0.05) is 17.5 Å². The molecule has 21 heavy (non-hydrogen) atoms. The van der Waals surface area contributed by atoms with Gasteiger partial charge in [-0.25, -0.2) is 4.98 Å². The molecule has 3 nitrogen and oxygen atoms in total. The zero-order chi connectivity index (χ0) is 15.0. The van der Waals surface area contributed by atoms with Gasteiger partial charge in [-0.1, -0.05) is 30.3 Å². The number of benzene rings is 2. The van der Waals surface area contributed by atoms with Crippen molar-refractivity contribution in [2.45, 2.75) is 32.7 Å². The van der Waals surface area contributed by atoms with Crippen LogP contribution in [0, 0.1) is 0 Å². The van der Waals surface area contributed by atoms with Gasteiger partial charge in [-0.2, -0.15) is 0 Å². The smallest absolute Gasteiger partial charge is 0.119 e. The molecule has 0 bridgehead atoms. The van der Waals surface area contributed by atoms with Gasteiger partial charge in [0.25, 0.3) is 0 Å². The number of para-hydroxylation sites is 3. The predicted molar refractivity (Wildman–Crippen MR) is 85.6 cm³/mol. The van der Waals surface area contributed by atoms with Crippen molar-refractivity contribution < 1.29 is 5.11 Å². The van der Waals surface area contributed by atoms with Crippen molar-refractivity contribution in [2.75, 3.05) is 0 Å². The summed E-state index contributed by atoms with van der Waals surface area (Å²) >= 11 is 0. The Morgan fingerprint density at radius 3 is 2.38 bits per heavy atom. The summed E-state index contributed by atoms with van der Waals surface area (Å²) in [5.41, 5.74) is 2.97. The summed E-state index contributed by atoms with van der Waals surface area (Å²) in [6, 6.07) is 15.6. The van der Waals surface area contributed by atoms with E-state index in [4.69, 9.17) is 4.98 Å². The first-order chi connectivity index (χ1) is 9.97. The Labute approximate surface area is 124 Å². The molecule has 0 unspecified atom stereocenters. The number of hydrogen-bond acceptors (Lipinski definition) is 2. The molecule has 2 aromatic carbocycles. The van der Waals surface area contributed by atoms with Crippen LogP contribution in [0.2, 0.25) is 0 Å². The van der Waals surface area contributed by atoms with Crippen molar-refractivity contribution in [3.05, 3.63) is 59.9 Å². The van der Waals surface area contributed by atoms with Crippen molar-refractivity contribution >= 4 is 11.0 Å². The molecule has 3 aromatic rings. The molecule has 0 spiro atoms. The van der Waals surface area contributed by atoms with Crippen LogP contribution in [0.15, 0.2) is 48.5 Å². The molecule has 1 N–H and O–H groups in total. The minimum absolute atomic E-state index is 0.0597. The Balaban J connectivity index is 2.16. The third-order valence-electron chi connectivity index (χ3n) is 3.64. The van der Waals surface area contributed by atoms with Crippen LogP contribution in [-0.4, -0.2) is 14.7 Å². The summed E-state index contributed by atoms with van der Waals surface area (Å²) in [4.78, 5) is 4.77. The number of fused-ring (bicyclic) bond motifs is 1. The number of phenolic OH excluding ortho intramolecular Hbond substituents is 1. The minimum atomic E-state index is -0.0597. The topological polar surface area (TPSA) is 38.0 Å². The maximum Gasteiger partial charge on any atom is 0.119 e. The van der Waals surface area contributed by atoms with Crippen LogP contribution in [0.3, 0.4) is 0 Å². The number of rotatable bonds is 2. The molecule has 108 valence electrons. The van der Waals surface area contributed by atoms with E-state index in [0.29, 0.717) is 12.2 Å². The largest absolute Gasteiger partial charge is 0.508 e. The van der Waals surface area contributed by atoms with Crippen LogP contribution < -0.4 is 0 Å². The van der Waals surface area contributed by atoms with Gasteiger partial charge < -0.3 is 9.67 Å². The van der Waals surface area contributed by atoms with Crippen molar-refractivity contribution in [3.8, 4) is 5.75 Å². The van der Waals surface area contributed by atoms with Crippen LogP contribution in [0.25, 0.3) is 11.0 Å². The minimum Gasteiger partial charge on any atom is -0.508 e. The highest BCUT2D eigenvalue weighted by Crippen LogP contribution is 2.28. The molecule has 1 heterocycles. The van der Waals surface area contributed by atoms with E-state index in [2.05, 4.69) is 31.4 Å².